The fraction of sp³-hybridized carbons (Fsp3) is 0.818. The molecule has 0 aromatic carbocycles. The van der Waals surface area contributed by atoms with Gasteiger partial charge in [-0.2, -0.15) is 0 Å². The van der Waals surface area contributed by atoms with Crippen LogP contribution in [0.4, 0.5) is 4.79 Å². The molecule has 6 nitrogen and oxygen atoms in total. The van der Waals surface area contributed by atoms with Gasteiger partial charge < -0.3 is 20.9 Å². The molecule has 0 bridgehead atoms. The summed E-state index contributed by atoms with van der Waals surface area (Å²) in [5.41, 5.74) is 0. The van der Waals surface area contributed by atoms with Crippen LogP contribution in [0.15, 0.2) is 0 Å². The van der Waals surface area contributed by atoms with E-state index in [2.05, 4.69) is 29.8 Å². The Balaban J connectivity index is 2.00. The molecule has 98 valence electrons. The molecule has 1 rings (SSSR count). The summed E-state index contributed by atoms with van der Waals surface area (Å²) in [4.78, 5) is 24.3. The molecule has 0 spiro atoms. The zero-order valence-corrected chi connectivity index (χ0v) is 10.6. The highest BCUT2D eigenvalue weighted by Crippen LogP contribution is 1.94. The summed E-state index contributed by atoms with van der Waals surface area (Å²) in [5.74, 6) is 0.469. The summed E-state index contributed by atoms with van der Waals surface area (Å²) < 4.78 is 0. The molecule has 0 aromatic heterocycles. The molecule has 1 saturated heterocycles. The molecule has 0 saturated carbocycles. The lowest BCUT2D eigenvalue weighted by Crippen LogP contribution is -2.39. The lowest BCUT2D eigenvalue weighted by molar-refractivity contribution is -0.120. The van der Waals surface area contributed by atoms with Gasteiger partial charge in [0, 0.05) is 32.7 Å². The van der Waals surface area contributed by atoms with E-state index >= 15 is 0 Å². The molecule has 1 aliphatic heterocycles. The first-order valence-corrected chi connectivity index (χ1v) is 6.10. The lowest BCUT2D eigenvalue weighted by Gasteiger charge is -2.14. The minimum atomic E-state index is -0.0175. The van der Waals surface area contributed by atoms with Crippen LogP contribution in [0.2, 0.25) is 0 Å². The van der Waals surface area contributed by atoms with Crippen molar-refractivity contribution in [2.75, 3.05) is 39.3 Å². The van der Waals surface area contributed by atoms with E-state index in [1.54, 1.807) is 4.90 Å². The number of carbonyl (C=O) groups is 2. The van der Waals surface area contributed by atoms with Crippen molar-refractivity contribution in [3.05, 3.63) is 0 Å². The first kappa shape index (κ1) is 13.8. The van der Waals surface area contributed by atoms with E-state index in [-0.39, 0.29) is 11.9 Å². The van der Waals surface area contributed by atoms with Crippen molar-refractivity contribution >= 4 is 11.9 Å². The van der Waals surface area contributed by atoms with Crippen LogP contribution in [0.5, 0.6) is 0 Å². The maximum Gasteiger partial charge on any atom is 0.317 e. The van der Waals surface area contributed by atoms with E-state index < -0.39 is 0 Å². The first-order chi connectivity index (χ1) is 8.09. The van der Waals surface area contributed by atoms with E-state index in [9.17, 15) is 9.59 Å². The molecular weight excluding hydrogens is 220 g/mol. The number of hydrogen-bond donors (Lipinski definition) is 3. The largest absolute Gasteiger partial charge is 0.355 e. The smallest absolute Gasteiger partial charge is 0.317 e. The van der Waals surface area contributed by atoms with E-state index in [0.717, 1.165) is 6.54 Å². The number of nitrogens with one attached hydrogen (secondary N) is 3. The fourth-order valence-electron chi connectivity index (χ4n) is 1.52. The third kappa shape index (κ3) is 5.53. The minimum Gasteiger partial charge on any atom is -0.355 e. The third-order valence-corrected chi connectivity index (χ3v) is 2.50. The average Bonchev–Trinajstić information content (AvgIpc) is 2.68. The summed E-state index contributed by atoms with van der Waals surface area (Å²) in [5, 5.41) is 8.58. The number of nitrogens with zero attached hydrogens (tertiary/aromatic N) is 1. The highest BCUT2D eigenvalue weighted by atomic mass is 16.2. The quantitative estimate of drug-likeness (QED) is 0.521. The van der Waals surface area contributed by atoms with Crippen molar-refractivity contribution in [2.45, 2.75) is 13.8 Å². The number of hydrogen-bond acceptors (Lipinski definition) is 3. The van der Waals surface area contributed by atoms with Crippen molar-refractivity contribution in [2.24, 2.45) is 5.92 Å². The van der Waals surface area contributed by atoms with Gasteiger partial charge in [0.15, 0.2) is 0 Å². The van der Waals surface area contributed by atoms with Crippen LogP contribution in [0.25, 0.3) is 0 Å². The van der Waals surface area contributed by atoms with E-state index in [1.165, 1.54) is 0 Å². The third-order valence-electron chi connectivity index (χ3n) is 2.50. The fourth-order valence-corrected chi connectivity index (χ4v) is 1.52. The van der Waals surface area contributed by atoms with Gasteiger partial charge in [0.1, 0.15) is 0 Å². The van der Waals surface area contributed by atoms with Crippen LogP contribution in [0, 0.1) is 5.92 Å². The molecule has 1 heterocycles. The lowest BCUT2D eigenvalue weighted by atomic mass is 10.2. The van der Waals surface area contributed by atoms with Gasteiger partial charge >= 0.3 is 6.03 Å². The Morgan fingerprint density at radius 2 is 2.29 bits per heavy atom. The summed E-state index contributed by atoms with van der Waals surface area (Å²) in [6.07, 6.45) is 0. The van der Waals surface area contributed by atoms with E-state index in [0.29, 0.717) is 38.6 Å². The topological polar surface area (TPSA) is 73.5 Å². The standard InChI is InChI=1S/C11H22N4O2/c1-9(2)7-14-10(16)8-12-3-5-15-6-4-13-11(15)17/h9,12H,3-8H2,1-2H3,(H,13,17)(H,14,16). The molecule has 3 amide bonds. The highest BCUT2D eigenvalue weighted by molar-refractivity contribution is 5.78. The molecule has 1 fully saturated rings. The van der Waals surface area contributed by atoms with Gasteiger partial charge in [-0.25, -0.2) is 4.79 Å². The Morgan fingerprint density at radius 1 is 1.53 bits per heavy atom. The van der Waals surface area contributed by atoms with Crippen molar-refractivity contribution in [1.82, 2.24) is 20.9 Å². The molecule has 0 aliphatic carbocycles. The second kappa shape index (κ2) is 7.11. The Labute approximate surface area is 102 Å². The molecule has 0 unspecified atom stereocenters. The monoisotopic (exact) mass is 242 g/mol. The van der Waals surface area contributed by atoms with Crippen molar-refractivity contribution < 1.29 is 9.59 Å². The normalized spacial score (nSPS) is 15.2. The number of carbonyl (C=O) groups excluding carboxylic acids is 2. The maximum atomic E-state index is 11.3. The predicted octanol–water partition coefficient (Wildman–Crippen LogP) is -0.627. The average molecular weight is 242 g/mol. The van der Waals surface area contributed by atoms with Gasteiger partial charge in [0.05, 0.1) is 6.54 Å². The van der Waals surface area contributed by atoms with E-state index in [4.69, 9.17) is 0 Å². The van der Waals surface area contributed by atoms with Crippen molar-refractivity contribution in [3.8, 4) is 0 Å². The Kier molecular flexibility index (Phi) is 5.76. The molecule has 0 radical (unpaired) electrons. The van der Waals surface area contributed by atoms with Crippen LogP contribution in [-0.2, 0) is 4.79 Å². The zero-order valence-electron chi connectivity index (χ0n) is 10.6. The van der Waals surface area contributed by atoms with Gasteiger partial charge in [0.25, 0.3) is 0 Å². The van der Waals surface area contributed by atoms with Gasteiger partial charge in [-0.3, -0.25) is 4.79 Å². The number of amides is 3. The molecule has 0 aromatic rings. The SMILES string of the molecule is CC(C)CNC(=O)CNCCN1CCNC1=O. The molecular formula is C11H22N4O2. The highest BCUT2D eigenvalue weighted by Gasteiger charge is 2.18. The van der Waals surface area contributed by atoms with Gasteiger partial charge in [-0.05, 0) is 5.92 Å². The number of urea groups is 1. The van der Waals surface area contributed by atoms with Crippen LogP contribution >= 0.6 is 0 Å². The summed E-state index contributed by atoms with van der Waals surface area (Å²) in [6.45, 7) is 7.87. The van der Waals surface area contributed by atoms with Gasteiger partial charge in [0.2, 0.25) is 5.91 Å². The molecule has 1 aliphatic rings. The Bertz CT molecular complexity index is 268. The van der Waals surface area contributed by atoms with Crippen LogP contribution in [0.1, 0.15) is 13.8 Å². The molecule has 0 atom stereocenters. The van der Waals surface area contributed by atoms with Gasteiger partial charge in [-0.15, -0.1) is 0 Å². The predicted molar refractivity (Wildman–Crippen MR) is 65.7 cm³/mol. The summed E-state index contributed by atoms with van der Waals surface area (Å²) in [7, 11) is 0. The van der Waals surface area contributed by atoms with Crippen LogP contribution in [0.3, 0.4) is 0 Å². The molecule has 17 heavy (non-hydrogen) atoms. The van der Waals surface area contributed by atoms with Crippen molar-refractivity contribution in [1.29, 1.82) is 0 Å². The number of rotatable bonds is 7. The summed E-state index contributed by atoms with van der Waals surface area (Å²) in [6, 6.07) is -0.0175. The van der Waals surface area contributed by atoms with Crippen molar-refractivity contribution in [3.63, 3.8) is 0 Å². The van der Waals surface area contributed by atoms with Crippen LogP contribution < -0.4 is 16.0 Å². The zero-order chi connectivity index (χ0) is 12.7. The summed E-state index contributed by atoms with van der Waals surface area (Å²) >= 11 is 0. The van der Waals surface area contributed by atoms with Gasteiger partial charge in [-0.1, -0.05) is 13.8 Å². The first-order valence-electron chi connectivity index (χ1n) is 6.10. The van der Waals surface area contributed by atoms with Crippen LogP contribution in [-0.4, -0.2) is 56.1 Å². The second-order valence-electron chi connectivity index (χ2n) is 4.59. The Hall–Kier alpha value is -1.30. The molecule has 3 N–H and O–H groups in total. The van der Waals surface area contributed by atoms with E-state index in [1.807, 2.05) is 0 Å². The minimum absolute atomic E-state index is 0.00423. The Morgan fingerprint density at radius 3 is 2.88 bits per heavy atom. The second-order valence-corrected chi connectivity index (χ2v) is 4.59. The maximum absolute atomic E-state index is 11.3. The molecule has 6 heteroatoms.